The molecule has 3 rings (SSSR count). The highest BCUT2D eigenvalue weighted by Crippen LogP contribution is 2.34. The molecular formula is C15H21N4O5P. The molecule has 2 aromatic rings. The second kappa shape index (κ2) is 7.61. The van der Waals surface area contributed by atoms with Gasteiger partial charge in [-0.2, -0.15) is 4.98 Å². The number of nitrogens with zero attached hydrogens (tertiary/aromatic N) is 4. The number of hydrogen-bond acceptors (Lipinski definition) is 7. The molecular weight excluding hydrogens is 347 g/mol. The number of anilines is 1. The Morgan fingerprint density at radius 1 is 1.36 bits per heavy atom. The average molecular weight is 368 g/mol. The van der Waals surface area contributed by atoms with Crippen molar-refractivity contribution in [2.24, 2.45) is 5.92 Å². The third kappa shape index (κ3) is 4.64. The van der Waals surface area contributed by atoms with E-state index in [1.54, 1.807) is 13.2 Å². The van der Waals surface area contributed by atoms with Gasteiger partial charge in [0, 0.05) is 19.2 Å². The van der Waals surface area contributed by atoms with Crippen LogP contribution in [-0.2, 0) is 9.30 Å². The summed E-state index contributed by atoms with van der Waals surface area (Å²) < 4.78 is 21.2. The van der Waals surface area contributed by atoms with Crippen LogP contribution in [0, 0.1) is 5.92 Å². The van der Waals surface area contributed by atoms with E-state index in [9.17, 15) is 4.57 Å². The van der Waals surface area contributed by atoms with Crippen LogP contribution in [0.15, 0.2) is 18.5 Å². The summed E-state index contributed by atoms with van der Waals surface area (Å²) >= 11 is 0. The molecule has 3 heterocycles. The molecule has 1 fully saturated rings. The molecule has 1 aliphatic rings. The number of fused-ring (bicyclic) bond motifs is 1. The molecule has 0 spiro atoms. The summed E-state index contributed by atoms with van der Waals surface area (Å²) in [7, 11) is -2.56. The topological polar surface area (TPSA) is 118 Å². The molecule has 0 aromatic carbocycles. The van der Waals surface area contributed by atoms with Gasteiger partial charge in [-0.25, -0.2) is 9.97 Å². The summed E-state index contributed by atoms with van der Waals surface area (Å²) in [4.78, 5) is 32.8. The van der Waals surface area contributed by atoms with Gasteiger partial charge in [-0.15, -0.1) is 0 Å². The first-order chi connectivity index (χ1) is 12.0. The standard InChI is InChI=1S/C15H21N4O5P/c1-23-13-5-4-12-14(18-13)16-9-17-15(12)19-6-2-3-11(7-19)8-24-10-25(20,21)22/h4-5,9,11H,2-3,6-8,10H2,1H3,(H2,20,21,22). The number of aromatic nitrogens is 3. The lowest BCUT2D eigenvalue weighted by Gasteiger charge is -2.33. The van der Waals surface area contributed by atoms with Crippen molar-refractivity contribution in [3.8, 4) is 5.88 Å². The van der Waals surface area contributed by atoms with Crippen LogP contribution in [0.25, 0.3) is 11.0 Å². The number of piperidine rings is 1. The summed E-state index contributed by atoms with van der Waals surface area (Å²) in [6.07, 6.45) is 2.85. The molecule has 2 aromatic heterocycles. The predicted molar refractivity (Wildman–Crippen MR) is 91.7 cm³/mol. The van der Waals surface area contributed by atoms with E-state index < -0.39 is 13.9 Å². The van der Waals surface area contributed by atoms with Crippen molar-refractivity contribution in [3.05, 3.63) is 18.5 Å². The van der Waals surface area contributed by atoms with Crippen LogP contribution in [-0.4, -0.2) is 57.9 Å². The summed E-state index contributed by atoms with van der Waals surface area (Å²) in [6.45, 7) is 1.88. The third-order valence-electron chi connectivity index (χ3n) is 4.09. The number of pyridine rings is 1. The van der Waals surface area contributed by atoms with Crippen LogP contribution >= 0.6 is 7.60 Å². The highest BCUT2D eigenvalue weighted by molar-refractivity contribution is 7.51. The molecule has 25 heavy (non-hydrogen) atoms. The second-order valence-electron chi connectivity index (χ2n) is 6.04. The first kappa shape index (κ1) is 18.0. The normalized spacial score (nSPS) is 18.5. The lowest BCUT2D eigenvalue weighted by molar-refractivity contribution is 0.114. The summed E-state index contributed by atoms with van der Waals surface area (Å²) in [6, 6.07) is 3.67. The second-order valence-corrected chi connectivity index (χ2v) is 7.63. The Kier molecular flexibility index (Phi) is 5.48. The van der Waals surface area contributed by atoms with Crippen molar-refractivity contribution in [1.82, 2.24) is 15.0 Å². The van der Waals surface area contributed by atoms with Crippen LogP contribution in [0.2, 0.25) is 0 Å². The molecule has 136 valence electrons. The third-order valence-corrected chi connectivity index (χ3v) is 4.61. The van der Waals surface area contributed by atoms with Crippen LogP contribution in [0.5, 0.6) is 5.88 Å². The largest absolute Gasteiger partial charge is 0.481 e. The van der Waals surface area contributed by atoms with Crippen LogP contribution in [0.1, 0.15) is 12.8 Å². The predicted octanol–water partition coefficient (Wildman–Crippen LogP) is 1.40. The van der Waals surface area contributed by atoms with Gasteiger partial charge in [-0.3, -0.25) is 4.57 Å². The first-order valence-electron chi connectivity index (χ1n) is 7.99. The van der Waals surface area contributed by atoms with E-state index in [0.717, 1.165) is 30.6 Å². The van der Waals surface area contributed by atoms with Gasteiger partial charge in [-0.05, 0) is 24.8 Å². The smallest absolute Gasteiger partial charge is 0.350 e. The Labute approximate surface area is 145 Å². The fraction of sp³-hybridized carbons (Fsp3) is 0.533. The Balaban J connectivity index is 1.73. The molecule has 0 radical (unpaired) electrons. The van der Waals surface area contributed by atoms with Gasteiger partial charge in [-0.1, -0.05) is 0 Å². The van der Waals surface area contributed by atoms with E-state index in [2.05, 4.69) is 19.9 Å². The zero-order valence-corrected chi connectivity index (χ0v) is 14.8. The Morgan fingerprint density at radius 3 is 2.96 bits per heavy atom. The minimum Gasteiger partial charge on any atom is -0.481 e. The van der Waals surface area contributed by atoms with E-state index in [-0.39, 0.29) is 5.92 Å². The maximum atomic E-state index is 10.9. The molecule has 1 aliphatic heterocycles. The van der Waals surface area contributed by atoms with Gasteiger partial charge < -0.3 is 24.2 Å². The van der Waals surface area contributed by atoms with Crippen molar-refractivity contribution in [2.75, 3.05) is 38.1 Å². The Morgan fingerprint density at radius 2 is 2.20 bits per heavy atom. The van der Waals surface area contributed by atoms with Gasteiger partial charge in [0.05, 0.1) is 19.1 Å². The van der Waals surface area contributed by atoms with E-state index in [4.69, 9.17) is 19.3 Å². The van der Waals surface area contributed by atoms with Gasteiger partial charge in [0.15, 0.2) is 5.65 Å². The summed E-state index contributed by atoms with van der Waals surface area (Å²) in [5.74, 6) is 1.50. The van der Waals surface area contributed by atoms with Crippen molar-refractivity contribution in [3.63, 3.8) is 0 Å². The van der Waals surface area contributed by atoms with Gasteiger partial charge in [0.25, 0.3) is 0 Å². The first-order valence-corrected chi connectivity index (χ1v) is 9.79. The molecule has 10 heteroatoms. The molecule has 1 atom stereocenters. The van der Waals surface area contributed by atoms with E-state index in [0.29, 0.717) is 24.7 Å². The van der Waals surface area contributed by atoms with Gasteiger partial charge in [0.1, 0.15) is 18.5 Å². The van der Waals surface area contributed by atoms with Crippen molar-refractivity contribution in [1.29, 1.82) is 0 Å². The quantitative estimate of drug-likeness (QED) is 0.729. The van der Waals surface area contributed by atoms with E-state index >= 15 is 0 Å². The van der Waals surface area contributed by atoms with Crippen molar-refractivity contribution < 1.29 is 23.8 Å². The van der Waals surface area contributed by atoms with Crippen molar-refractivity contribution >= 4 is 24.4 Å². The monoisotopic (exact) mass is 368 g/mol. The minimum atomic E-state index is -4.12. The molecule has 1 saturated heterocycles. The van der Waals surface area contributed by atoms with Crippen molar-refractivity contribution in [2.45, 2.75) is 12.8 Å². The minimum absolute atomic E-state index is 0.191. The fourth-order valence-electron chi connectivity index (χ4n) is 3.01. The van der Waals surface area contributed by atoms with Crippen LogP contribution in [0.4, 0.5) is 5.82 Å². The Bertz CT molecular complexity index is 784. The summed E-state index contributed by atoms with van der Waals surface area (Å²) in [5.41, 5.74) is 0.573. The van der Waals surface area contributed by atoms with E-state index in [1.807, 2.05) is 6.07 Å². The zero-order valence-electron chi connectivity index (χ0n) is 13.9. The molecule has 1 unspecified atom stereocenters. The maximum Gasteiger partial charge on any atom is 0.350 e. The molecule has 2 N–H and O–H groups in total. The Hall–Kier alpha value is -1.80. The summed E-state index contributed by atoms with van der Waals surface area (Å²) in [5, 5.41) is 0.847. The van der Waals surface area contributed by atoms with Crippen LogP contribution < -0.4 is 9.64 Å². The molecule has 0 amide bonds. The number of hydrogen-bond donors (Lipinski definition) is 2. The number of methoxy groups -OCH3 is 1. The number of ether oxygens (including phenoxy) is 2. The zero-order chi connectivity index (χ0) is 17.9. The highest BCUT2D eigenvalue weighted by Gasteiger charge is 2.24. The molecule has 0 aliphatic carbocycles. The van der Waals surface area contributed by atoms with E-state index in [1.165, 1.54) is 6.33 Å². The molecule has 0 saturated carbocycles. The maximum absolute atomic E-state index is 10.9. The lowest BCUT2D eigenvalue weighted by atomic mass is 9.99. The highest BCUT2D eigenvalue weighted by atomic mass is 31.2. The van der Waals surface area contributed by atoms with Crippen LogP contribution in [0.3, 0.4) is 0 Å². The van der Waals surface area contributed by atoms with Gasteiger partial charge in [0.2, 0.25) is 5.88 Å². The molecule has 0 bridgehead atoms. The fourth-order valence-corrected chi connectivity index (χ4v) is 3.35. The molecule has 9 nitrogen and oxygen atoms in total. The van der Waals surface area contributed by atoms with Gasteiger partial charge >= 0.3 is 7.60 Å². The average Bonchev–Trinajstić information content (AvgIpc) is 2.60. The number of rotatable bonds is 6. The SMILES string of the molecule is COc1ccc2c(N3CCCC(COCP(=O)(O)O)C3)ncnc2n1. The lowest BCUT2D eigenvalue weighted by Crippen LogP contribution is -2.38.